The fourth-order valence-electron chi connectivity index (χ4n) is 2.25. The van der Waals surface area contributed by atoms with Crippen molar-refractivity contribution in [2.75, 3.05) is 5.32 Å². The quantitative estimate of drug-likeness (QED) is 0.771. The molecule has 0 bridgehead atoms. The molecular formula is C14H20N2O. The summed E-state index contributed by atoms with van der Waals surface area (Å²) in [7, 11) is 0. The average Bonchev–Trinajstić information content (AvgIpc) is 2.16. The lowest BCUT2D eigenvalue weighted by Gasteiger charge is -2.31. The molecule has 3 nitrogen and oxygen atoms in total. The van der Waals surface area contributed by atoms with E-state index >= 15 is 0 Å². The molecule has 3 heteroatoms. The SMILES string of the molecule is CC1=CC(C)(C)Nc2ccc(OC(C)N)cc21. The van der Waals surface area contributed by atoms with Gasteiger partial charge >= 0.3 is 0 Å². The van der Waals surface area contributed by atoms with E-state index in [4.69, 9.17) is 10.5 Å². The van der Waals surface area contributed by atoms with E-state index in [1.54, 1.807) is 0 Å². The fraction of sp³-hybridized carbons (Fsp3) is 0.429. The van der Waals surface area contributed by atoms with Crippen molar-refractivity contribution in [3.05, 3.63) is 29.8 Å². The molecule has 1 aliphatic rings. The summed E-state index contributed by atoms with van der Waals surface area (Å²) in [6.45, 7) is 8.26. The second-order valence-corrected chi connectivity index (χ2v) is 5.20. The molecule has 17 heavy (non-hydrogen) atoms. The highest BCUT2D eigenvalue weighted by molar-refractivity contribution is 5.80. The van der Waals surface area contributed by atoms with Crippen LogP contribution in [0.3, 0.4) is 0 Å². The minimum absolute atomic E-state index is 0.000611. The molecule has 3 N–H and O–H groups in total. The molecule has 1 aromatic rings. The Kier molecular flexibility index (Phi) is 2.87. The van der Waals surface area contributed by atoms with Crippen LogP contribution in [0.1, 0.15) is 33.3 Å². The van der Waals surface area contributed by atoms with Gasteiger partial charge in [-0.25, -0.2) is 0 Å². The smallest absolute Gasteiger partial charge is 0.144 e. The van der Waals surface area contributed by atoms with E-state index in [-0.39, 0.29) is 11.8 Å². The lowest BCUT2D eigenvalue weighted by atomic mass is 9.91. The monoisotopic (exact) mass is 232 g/mol. The highest BCUT2D eigenvalue weighted by atomic mass is 16.5. The number of fused-ring (bicyclic) bond motifs is 1. The summed E-state index contributed by atoms with van der Waals surface area (Å²) in [5.41, 5.74) is 9.22. The van der Waals surface area contributed by atoms with Crippen molar-refractivity contribution in [2.45, 2.75) is 39.5 Å². The zero-order chi connectivity index (χ0) is 12.6. The number of hydrogen-bond donors (Lipinski definition) is 2. The van der Waals surface area contributed by atoms with Crippen LogP contribution in [-0.4, -0.2) is 11.8 Å². The number of hydrogen-bond acceptors (Lipinski definition) is 3. The molecule has 0 aliphatic carbocycles. The lowest BCUT2D eigenvalue weighted by molar-refractivity contribution is 0.230. The number of anilines is 1. The van der Waals surface area contributed by atoms with Gasteiger partial charge in [0.2, 0.25) is 0 Å². The Hall–Kier alpha value is -1.48. The predicted octanol–water partition coefficient (Wildman–Crippen LogP) is 2.98. The first-order valence-electron chi connectivity index (χ1n) is 5.92. The molecule has 0 amide bonds. The third-order valence-corrected chi connectivity index (χ3v) is 2.77. The molecule has 1 atom stereocenters. The molecule has 0 aromatic heterocycles. The third kappa shape index (κ3) is 2.61. The Bertz CT molecular complexity index is 461. The van der Waals surface area contributed by atoms with Gasteiger partial charge in [-0.1, -0.05) is 6.08 Å². The van der Waals surface area contributed by atoms with Gasteiger partial charge in [0, 0.05) is 11.3 Å². The first-order chi connectivity index (χ1) is 7.87. The summed E-state index contributed by atoms with van der Waals surface area (Å²) in [6.07, 6.45) is 1.94. The van der Waals surface area contributed by atoms with Crippen LogP contribution in [0.4, 0.5) is 5.69 Å². The molecule has 1 unspecified atom stereocenters. The summed E-state index contributed by atoms with van der Waals surface area (Å²) in [5.74, 6) is 0.813. The first kappa shape index (κ1) is 12.0. The second kappa shape index (κ2) is 4.08. The fourth-order valence-corrected chi connectivity index (χ4v) is 2.25. The Balaban J connectivity index is 2.37. The normalized spacial score (nSPS) is 18.8. The zero-order valence-corrected chi connectivity index (χ0v) is 10.9. The van der Waals surface area contributed by atoms with Crippen LogP contribution in [0.5, 0.6) is 5.75 Å². The third-order valence-electron chi connectivity index (χ3n) is 2.77. The summed E-state index contributed by atoms with van der Waals surface area (Å²) in [5, 5.41) is 3.48. The van der Waals surface area contributed by atoms with E-state index in [1.807, 2.05) is 25.1 Å². The maximum Gasteiger partial charge on any atom is 0.144 e. The van der Waals surface area contributed by atoms with Crippen molar-refractivity contribution in [1.29, 1.82) is 0 Å². The van der Waals surface area contributed by atoms with E-state index in [0.29, 0.717) is 0 Å². The average molecular weight is 232 g/mol. The van der Waals surface area contributed by atoms with Gasteiger partial charge in [-0.2, -0.15) is 0 Å². The van der Waals surface area contributed by atoms with Crippen LogP contribution >= 0.6 is 0 Å². The van der Waals surface area contributed by atoms with E-state index in [1.165, 1.54) is 11.1 Å². The van der Waals surface area contributed by atoms with Gasteiger partial charge in [0.05, 0.1) is 5.54 Å². The van der Waals surface area contributed by atoms with Gasteiger partial charge in [0.25, 0.3) is 0 Å². The standard InChI is InChI=1S/C14H20N2O/c1-9-8-14(3,4)16-13-6-5-11(7-12(9)13)17-10(2)15/h5-8,10,16H,15H2,1-4H3. The van der Waals surface area contributed by atoms with Gasteiger partial charge in [-0.05, 0) is 51.5 Å². The number of nitrogens with two attached hydrogens (primary N) is 1. The number of nitrogens with one attached hydrogen (secondary N) is 1. The Morgan fingerprint density at radius 1 is 1.35 bits per heavy atom. The second-order valence-electron chi connectivity index (χ2n) is 5.20. The molecule has 0 spiro atoms. The van der Waals surface area contributed by atoms with Crippen molar-refractivity contribution < 1.29 is 4.74 Å². The van der Waals surface area contributed by atoms with Crippen molar-refractivity contribution >= 4 is 11.3 Å². The van der Waals surface area contributed by atoms with Crippen LogP contribution in [-0.2, 0) is 0 Å². The van der Waals surface area contributed by atoms with Gasteiger partial charge in [-0.3, -0.25) is 5.73 Å². The number of rotatable bonds is 2. The van der Waals surface area contributed by atoms with Gasteiger partial charge in [0.15, 0.2) is 0 Å². The summed E-state index contributed by atoms with van der Waals surface area (Å²) >= 11 is 0. The van der Waals surface area contributed by atoms with Crippen LogP contribution in [0.25, 0.3) is 5.57 Å². The number of allylic oxidation sites excluding steroid dienone is 1. The van der Waals surface area contributed by atoms with Crippen LogP contribution in [0.15, 0.2) is 24.3 Å². The van der Waals surface area contributed by atoms with E-state index < -0.39 is 0 Å². The molecule has 2 rings (SSSR count). The van der Waals surface area contributed by atoms with Crippen molar-refractivity contribution in [3.63, 3.8) is 0 Å². The topological polar surface area (TPSA) is 47.3 Å². The highest BCUT2D eigenvalue weighted by Gasteiger charge is 2.22. The number of ether oxygens (including phenoxy) is 1. The van der Waals surface area contributed by atoms with Crippen molar-refractivity contribution in [2.24, 2.45) is 5.73 Å². The van der Waals surface area contributed by atoms with Crippen molar-refractivity contribution in [1.82, 2.24) is 0 Å². The minimum atomic E-state index is -0.287. The van der Waals surface area contributed by atoms with E-state index in [2.05, 4.69) is 32.2 Å². The Morgan fingerprint density at radius 3 is 2.71 bits per heavy atom. The van der Waals surface area contributed by atoms with Crippen LogP contribution in [0.2, 0.25) is 0 Å². The molecule has 0 radical (unpaired) electrons. The summed E-state index contributed by atoms with van der Waals surface area (Å²) in [6, 6.07) is 6.03. The summed E-state index contributed by atoms with van der Waals surface area (Å²) in [4.78, 5) is 0. The molecular weight excluding hydrogens is 212 g/mol. The maximum absolute atomic E-state index is 5.63. The van der Waals surface area contributed by atoms with Gasteiger partial charge < -0.3 is 10.1 Å². The Labute approximate surface area is 103 Å². The number of benzene rings is 1. The van der Waals surface area contributed by atoms with Crippen LogP contribution in [0, 0.1) is 0 Å². The highest BCUT2D eigenvalue weighted by Crippen LogP contribution is 2.35. The van der Waals surface area contributed by atoms with Crippen molar-refractivity contribution in [3.8, 4) is 5.75 Å². The molecule has 0 fully saturated rings. The van der Waals surface area contributed by atoms with E-state index in [0.717, 1.165) is 11.4 Å². The molecule has 92 valence electrons. The van der Waals surface area contributed by atoms with Gasteiger partial charge in [0.1, 0.15) is 12.0 Å². The summed E-state index contributed by atoms with van der Waals surface area (Å²) < 4.78 is 5.50. The molecule has 0 saturated carbocycles. The predicted molar refractivity (Wildman–Crippen MR) is 72.1 cm³/mol. The first-order valence-corrected chi connectivity index (χ1v) is 5.92. The largest absolute Gasteiger partial charge is 0.476 e. The van der Waals surface area contributed by atoms with Gasteiger partial charge in [-0.15, -0.1) is 0 Å². The van der Waals surface area contributed by atoms with E-state index in [9.17, 15) is 0 Å². The minimum Gasteiger partial charge on any atom is -0.476 e. The maximum atomic E-state index is 5.63. The van der Waals surface area contributed by atoms with Crippen LogP contribution < -0.4 is 15.8 Å². The molecule has 1 heterocycles. The zero-order valence-electron chi connectivity index (χ0n) is 10.9. The Morgan fingerprint density at radius 2 is 2.06 bits per heavy atom. The molecule has 1 aliphatic heterocycles. The molecule has 1 aromatic carbocycles. The molecule has 0 saturated heterocycles. The lowest BCUT2D eigenvalue weighted by Crippen LogP contribution is -2.31.